The number of esters is 1. The molecule has 2 N–H and O–H groups in total. The molecule has 0 radical (unpaired) electrons. The Balaban J connectivity index is 2.49. The number of hydrogen-bond donors (Lipinski definition) is 1. The zero-order valence-electron chi connectivity index (χ0n) is 12.4. The van der Waals surface area contributed by atoms with Gasteiger partial charge >= 0.3 is 5.97 Å². The number of nitrogens with zero attached hydrogens (tertiary/aromatic N) is 1. The van der Waals surface area contributed by atoms with Crippen molar-refractivity contribution in [1.29, 1.82) is 0 Å². The van der Waals surface area contributed by atoms with Crippen LogP contribution >= 0.6 is 0 Å². The zero-order valence-corrected chi connectivity index (χ0v) is 13.2. The van der Waals surface area contributed by atoms with Crippen LogP contribution in [0.3, 0.4) is 0 Å². The second-order valence-electron chi connectivity index (χ2n) is 5.52. The van der Waals surface area contributed by atoms with Crippen LogP contribution in [0.1, 0.15) is 24.2 Å². The van der Waals surface area contributed by atoms with E-state index in [2.05, 4.69) is 4.74 Å². The minimum absolute atomic E-state index is 0.0129. The van der Waals surface area contributed by atoms with E-state index in [4.69, 9.17) is 5.73 Å². The molecule has 0 bridgehead atoms. The molecule has 1 aliphatic heterocycles. The van der Waals surface area contributed by atoms with Crippen molar-refractivity contribution >= 4 is 21.7 Å². The fourth-order valence-corrected chi connectivity index (χ4v) is 4.30. The average molecular weight is 312 g/mol. The summed E-state index contributed by atoms with van der Waals surface area (Å²) < 4.78 is 31.6. The predicted octanol–water partition coefficient (Wildman–Crippen LogP) is 1.33. The molecule has 0 aromatic heterocycles. The van der Waals surface area contributed by atoms with Crippen molar-refractivity contribution in [3.63, 3.8) is 0 Å². The molecule has 2 rings (SSSR count). The lowest BCUT2D eigenvalue weighted by atomic mass is 10.0. The second kappa shape index (κ2) is 5.65. The van der Waals surface area contributed by atoms with Gasteiger partial charge < -0.3 is 10.5 Å². The van der Waals surface area contributed by atoms with Gasteiger partial charge in [0, 0.05) is 18.8 Å². The van der Waals surface area contributed by atoms with Crippen molar-refractivity contribution in [3.05, 3.63) is 23.8 Å². The first-order valence-corrected chi connectivity index (χ1v) is 8.19. The van der Waals surface area contributed by atoms with Gasteiger partial charge in [-0.1, -0.05) is 13.8 Å². The lowest BCUT2D eigenvalue weighted by molar-refractivity contribution is 0.0596. The van der Waals surface area contributed by atoms with E-state index in [0.717, 1.165) is 0 Å². The van der Waals surface area contributed by atoms with Crippen molar-refractivity contribution in [2.45, 2.75) is 18.7 Å². The number of anilines is 1. The number of sulfonamides is 1. The first-order chi connectivity index (χ1) is 9.77. The van der Waals surface area contributed by atoms with Gasteiger partial charge in [-0.2, -0.15) is 4.31 Å². The fraction of sp³-hybridized carbons (Fsp3) is 0.500. The van der Waals surface area contributed by atoms with E-state index in [-0.39, 0.29) is 22.3 Å². The number of nitrogen functional groups attached to an aromatic ring is 1. The smallest absolute Gasteiger partial charge is 0.339 e. The molecule has 6 nitrogen and oxygen atoms in total. The quantitative estimate of drug-likeness (QED) is 0.672. The van der Waals surface area contributed by atoms with Crippen LogP contribution in [0.4, 0.5) is 5.69 Å². The van der Waals surface area contributed by atoms with E-state index in [1.54, 1.807) is 0 Å². The molecule has 1 fully saturated rings. The van der Waals surface area contributed by atoms with Crippen LogP contribution in [0.25, 0.3) is 0 Å². The van der Waals surface area contributed by atoms with Crippen LogP contribution in [0.5, 0.6) is 0 Å². The third-order valence-electron chi connectivity index (χ3n) is 3.98. The summed E-state index contributed by atoms with van der Waals surface area (Å²) in [5, 5.41) is 0. The lowest BCUT2D eigenvalue weighted by Crippen LogP contribution is -2.30. The Morgan fingerprint density at radius 3 is 2.38 bits per heavy atom. The molecule has 116 valence electrons. The highest BCUT2D eigenvalue weighted by Gasteiger charge is 2.37. The standard InChI is InChI=1S/C14H20N2O4S/c1-9-7-16(8-10(9)2)21(18,19)13-6-11(15)4-5-12(13)14(17)20-3/h4-6,9-10H,7-8,15H2,1-3H3. The molecule has 1 heterocycles. The van der Waals surface area contributed by atoms with E-state index >= 15 is 0 Å². The highest BCUT2D eigenvalue weighted by Crippen LogP contribution is 2.30. The Bertz CT molecular complexity index is 647. The summed E-state index contributed by atoms with van der Waals surface area (Å²) in [6.07, 6.45) is 0. The second-order valence-corrected chi connectivity index (χ2v) is 7.43. The van der Waals surface area contributed by atoms with Crippen molar-refractivity contribution in [2.75, 3.05) is 25.9 Å². The van der Waals surface area contributed by atoms with Gasteiger partial charge in [0.2, 0.25) is 10.0 Å². The zero-order chi connectivity index (χ0) is 15.8. The summed E-state index contributed by atoms with van der Waals surface area (Å²) in [5.41, 5.74) is 5.99. The lowest BCUT2D eigenvalue weighted by Gasteiger charge is -2.18. The summed E-state index contributed by atoms with van der Waals surface area (Å²) in [4.78, 5) is 11.7. The summed E-state index contributed by atoms with van der Waals surface area (Å²) >= 11 is 0. The van der Waals surface area contributed by atoms with Crippen molar-refractivity contribution < 1.29 is 17.9 Å². The maximum Gasteiger partial charge on any atom is 0.339 e. The fourth-order valence-electron chi connectivity index (χ4n) is 2.44. The third kappa shape index (κ3) is 2.89. The van der Waals surface area contributed by atoms with Gasteiger partial charge in [0.15, 0.2) is 0 Å². The van der Waals surface area contributed by atoms with E-state index in [1.807, 2.05) is 13.8 Å². The number of ether oxygens (including phenoxy) is 1. The normalized spacial score (nSPS) is 23.2. The Morgan fingerprint density at radius 1 is 1.29 bits per heavy atom. The molecule has 2 unspecified atom stereocenters. The predicted molar refractivity (Wildman–Crippen MR) is 79.3 cm³/mol. The van der Waals surface area contributed by atoms with Crippen LogP contribution in [0.15, 0.2) is 23.1 Å². The topological polar surface area (TPSA) is 89.7 Å². The Labute approximate surface area is 124 Å². The van der Waals surface area contributed by atoms with Crippen LogP contribution in [0, 0.1) is 11.8 Å². The third-order valence-corrected chi connectivity index (χ3v) is 5.86. The SMILES string of the molecule is COC(=O)c1ccc(N)cc1S(=O)(=O)N1CC(C)C(C)C1. The van der Waals surface area contributed by atoms with Gasteiger partial charge in [-0.05, 0) is 30.0 Å². The van der Waals surface area contributed by atoms with Crippen LogP contribution in [0.2, 0.25) is 0 Å². The maximum absolute atomic E-state index is 12.8. The number of benzene rings is 1. The summed E-state index contributed by atoms with van der Waals surface area (Å²) in [7, 11) is -2.54. The Morgan fingerprint density at radius 2 is 1.86 bits per heavy atom. The molecular weight excluding hydrogens is 292 g/mol. The number of hydrogen-bond acceptors (Lipinski definition) is 5. The van der Waals surface area contributed by atoms with Crippen molar-refractivity contribution in [1.82, 2.24) is 4.31 Å². The van der Waals surface area contributed by atoms with Gasteiger partial charge in [0.05, 0.1) is 17.6 Å². The Kier molecular flexibility index (Phi) is 4.25. The van der Waals surface area contributed by atoms with E-state index in [1.165, 1.54) is 29.6 Å². The first-order valence-electron chi connectivity index (χ1n) is 6.75. The summed E-state index contributed by atoms with van der Waals surface area (Å²) in [6.45, 7) is 4.92. The number of carbonyl (C=O) groups excluding carboxylic acids is 1. The molecule has 1 aliphatic rings. The molecule has 7 heteroatoms. The summed E-state index contributed by atoms with van der Waals surface area (Å²) in [6, 6.07) is 4.19. The number of rotatable bonds is 3. The highest BCUT2D eigenvalue weighted by atomic mass is 32.2. The van der Waals surface area contributed by atoms with Gasteiger partial charge in [-0.3, -0.25) is 0 Å². The van der Waals surface area contributed by atoms with Gasteiger partial charge in [0.25, 0.3) is 0 Å². The molecule has 0 amide bonds. The Hall–Kier alpha value is -1.60. The number of nitrogens with two attached hydrogens (primary N) is 1. The van der Waals surface area contributed by atoms with E-state index < -0.39 is 16.0 Å². The molecule has 0 aliphatic carbocycles. The maximum atomic E-state index is 12.8. The number of methoxy groups -OCH3 is 1. The molecule has 0 saturated carbocycles. The van der Waals surface area contributed by atoms with Gasteiger partial charge in [0.1, 0.15) is 0 Å². The minimum atomic E-state index is -3.76. The van der Waals surface area contributed by atoms with Gasteiger partial charge in [-0.25, -0.2) is 13.2 Å². The average Bonchev–Trinajstić information content (AvgIpc) is 2.78. The van der Waals surface area contributed by atoms with Gasteiger partial charge in [-0.15, -0.1) is 0 Å². The molecule has 2 atom stereocenters. The molecule has 1 aromatic rings. The number of carbonyl (C=O) groups is 1. The first kappa shape index (κ1) is 15.8. The van der Waals surface area contributed by atoms with E-state index in [0.29, 0.717) is 18.8 Å². The monoisotopic (exact) mass is 312 g/mol. The summed E-state index contributed by atoms with van der Waals surface area (Å²) in [5.74, 6) is -0.126. The van der Waals surface area contributed by atoms with Crippen LogP contribution < -0.4 is 5.73 Å². The largest absolute Gasteiger partial charge is 0.465 e. The van der Waals surface area contributed by atoms with E-state index in [9.17, 15) is 13.2 Å². The van der Waals surface area contributed by atoms with Crippen LogP contribution in [-0.2, 0) is 14.8 Å². The molecule has 1 aromatic carbocycles. The van der Waals surface area contributed by atoms with Crippen LogP contribution in [-0.4, -0.2) is 38.9 Å². The molecule has 1 saturated heterocycles. The van der Waals surface area contributed by atoms with Crippen molar-refractivity contribution in [3.8, 4) is 0 Å². The highest BCUT2D eigenvalue weighted by molar-refractivity contribution is 7.89. The molecular formula is C14H20N2O4S. The molecule has 0 spiro atoms. The van der Waals surface area contributed by atoms with Crippen molar-refractivity contribution in [2.24, 2.45) is 11.8 Å². The minimum Gasteiger partial charge on any atom is -0.465 e. The molecule has 21 heavy (non-hydrogen) atoms.